The van der Waals surface area contributed by atoms with E-state index in [0.717, 1.165) is 27.5 Å². The summed E-state index contributed by atoms with van der Waals surface area (Å²) >= 11 is 0. The van der Waals surface area contributed by atoms with Crippen molar-refractivity contribution in [2.45, 2.75) is 24.6 Å². The number of rotatable bonds is 6. The van der Waals surface area contributed by atoms with Crippen LogP contribution in [-0.4, -0.2) is 38.8 Å². The zero-order valence-corrected chi connectivity index (χ0v) is 19.9. The topological polar surface area (TPSA) is 94.4 Å². The molecule has 1 amide bonds. The number of benzene rings is 4. The minimum Gasteiger partial charge on any atom is -0.508 e. The van der Waals surface area contributed by atoms with Gasteiger partial charge in [0.15, 0.2) is 0 Å². The number of fused-ring (bicyclic) bond motifs is 2. The van der Waals surface area contributed by atoms with Crippen LogP contribution in [0.2, 0.25) is 0 Å². The first-order chi connectivity index (χ1) is 18.0. The summed E-state index contributed by atoms with van der Waals surface area (Å²) < 4.78 is 0. The third kappa shape index (κ3) is 4.24. The Hall–Kier alpha value is -4.46. The van der Waals surface area contributed by atoms with Crippen molar-refractivity contribution in [2.24, 2.45) is 4.99 Å². The van der Waals surface area contributed by atoms with Crippen LogP contribution in [0.15, 0.2) is 108 Å². The van der Waals surface area contributed by atoms with E-state index < -0.39 is 11.6 Å². The van der Waals surface area contributed by atoms with Gasteiger partial charge in [-0.3, -0.25) is 9.69 Å². The fourth-order valence-electron chi connectivity index (χ4n) is 4.99. The van der Waals surface area contributed by atoms with Crippen LogP contribution in [0.1, 0.15) is 16.7 Å². The van der Waals surface area contributed by atoms with Gasteiger partial charge in [-0.15, -0.1) is 0 Å². The van der Waals surface area contributed by atoms with Gasteiger partial charge in [-0.25, -0.2) is 10.2 Å². The molecule has 7 nitrogen and oxygen atoms in total. The maximum Gasteiger partial charge on any atom is 0.290 e. The van der Waals surface area contributed by atoms with E-state index in [9.17, 15) is 15.2 Å². The second-order valence-corrected chi connectivity index (χ2v) is 9.36. The molecule has 0 fully saturated rings. The van der Waals surface area contributed by atoms with Crippen LogP contribution in [-0.2, 0) is 22.5 Å². The van der Waals surface area contributed by atoms with Gasteiger partial charge in [0.05, 0.1) is 11.7 Å². The number of amidine groups is 1. The molecule has 184 valence electrons. The monoisotopic (exact) mass is 491 g/mol. The number of amides is 1. The molecule has 7 heteroatoms. The number of nitrogens with zero attached hydrogens (tertiary/aromatic N) is 2. The van der Waals surface area contributed by atoms with E-state index in [2.05, 4.69) is 5.32 Å². The number of phenols is 1. The highest BCUT2D eigenvalue weighted by molar-refractivity contribution is 6.12. The summed E-state index contributed by atoms with van der Waals surface area (Å²) in [5.74, 6) is 0.170. The highest BCUT2D eigenvalue weighted by atomic mass is 17.1. The first-order valence-corrected chi connectivity index (χ1v) is 12.1. The average molecular weight is 492 g/mol. The van der Waals surface area contributed by atoms with Gasteiger partial charge in [0.25, 0.3) is 11.6 Å². The molecule has 0 spiro atoms. The van der Waals surface area contributed by atoms with E-state index in [1.54, 1.807) is 30.5 Å². The first kappa shape index (κ1) is 23.0. The Morgan fingerprint density at radius 1 is 0.892 bits per heavy atom. The average Bonchev–Trinajstić information content (AvgIpc) is 3.21. The van der Waals surface area contributed by atoms with E-state index in [4.69, 9.17) is 9.88 Å². The number of nitrogens with one attached hydrogen (secondary N) is 1. The molecule has 0 radical (unpaired) electrons. The summed E-state index contributed by atoms with van der Waals surface area (Å²) in [5.41, 5.74) is 1.60. The number of aliphatic imine (C=N–C) groups is 1. The van der Waals surface area contributed by atoms with Gasteiger partial charge < -0.3 is 10.4 Å². The Balaban J connectivity index is 1.40. The molecule has 4 aromatic rings. The van der Waals surface area contributed by atoms with Crippen molar-refractivity contribution >= 4 is 28.2 Å². The zero-order chi connectivity index (χ0) is 25.4. The van der Waals surface area contributed by atoms with Crippen LogP contribution >= 0.6 is 0 Å². The molecular weight excluding hydrogens is 466 g/mol. The van der Waals surface area contributed by atoms with Crippen molar-refractivity contribution < 1.29 is 20.0 Å². The van der Waals surface area contributed by atoms with Crippen molar-refractivity contribution in [3.05, 3.63) is 120 Å². The van der Waals surface area contributed by atoms with Gasteiger partial charge in [-0.1, -0.05) is 72.8 Å². The van der Waals surface area contributed by atoms with Gasteiger partial charge in [-0.2, -0.15) is 4.89 Å². The second-order valence-electron chi connectivity index (χ2n) is 9.36. The molecule has 4 aromatic carbocycles. The van der Waals surface area contributed by atoms with Crippen LogP contribution in [0.5, 0.6) is 5.75 Å². The smallest absolute Gasteiger partial charge is 0.290 e. The maximum absolute atomic E-state index is 13.8. The number of phenolic OH excluding ortho intramolecular Hbond substituents is 1. The molecule has 0 aliphatic carbocycles. The van der Waals surface area contributed by atoms with Crippen molar-refractivity contribution in [2.75, 3.05) is 0 Å². The lowest BCUT2D eigenvalue weighted by atomic mass is 9.99. The van der Waals surface area contributed by atoms with Crippen LogP contribution in [0.4, 0.5) is 0 Å². The molecule has 2 aliphatic rings. The van der Waals surface area contributed by atoms with E-state index in [-0.39, 0.29) is 18.2 Å². The third-order valence-corrected chi connectivity index (χ3v) is 6.86. The lowest BCUT2D eigenvalue weighted by molar-refractivity contribution is -0.308. The standard InChI is InChI=1S/C30H25N3O4/c34-25-14-12-23(13-15-25)27-19-33-28(26(31-27)17-20-6-2-1-3-7-20)32-30(37-36,29(33)35)18-21-10-11-22-8-4-5-9-24(22)16-21/h1-16,19,26,31,34,36H,17-18H2. The van der Waals surface area contributed by atoms with Crippen LogP contribution < -0.4 is 5.32 Å². The van der Waals surface area contributed by atoms with Gasteiger partial charge in [0.1, 0.15) is 11.6 Å². The van der Waals surface area contributed by atoms with E-state index in [1.807, 2.05) is 72.8 Å². The molecule has 0 saturated carbocycles. The van der Waals surface area contributed by atoms with Crippen molar-refractivity contribution in [1.82, 2.24) is 10.2 Å². The number of hydrogen-bond donors (Lipinski definition) is 3. The number of hydrogen-bond acceptors (Lipinski definition) is 6. The van der Waals surface area contributed by atoms with Gasteiger partial charge in [-0.05, 0) is 58.1 Å². The van der Waals surface area contributed by atoms with Crippen LogP contribution in [0.25, 0.3) is 16.5 Å². The van der Waals surface area contributed by atoms with Gasteiger partial charge in [0.2, 0.25) is 0 Å². The van der Waals surface area contributed by atoms with Crippen LogP contribution in [0, 0.1) is 0 Å². The molecule has 0 bridgehead atoms. The van der Waals surface area contributed by atoms with E-state index >= 15 is 0 Å². The molecule has 3 N–H and O–H groups in total. The van der Waals surface area contributed by atoms with Crippen molar-refractivity contribution in [1.29, 1.82) is 0 Å². The molecule has 2 atom stereocenters. The number of carbonyl (C=O) groups excluding carboxylic acids is 1. The molecule has 2 unspecified atom stereocenters. The van der Waals surface area contributed by atoms with Crippen molar-refractivity contribution in [3.8, 4) is 5.75 Å². The van der Waals surface area contributed by atoms with Crippen molar-refractivity contribution in [3.63, 3.8) is 0 Å². The SMILES string of the molecule is O=C1N2C=C(c3ccc(O)cc3)NC(Cc3ccccc3)C2=NC1(Cc1ccc2ccccc2c1)OO. The Labute approximate surface area is 213 Å². The zero-order valence-electron chi connectivity index (χ0n) is 19.9. The number of carbonyl (C=O) groups is 1. The molecule has 6 rings (SSSR count). The van der Waals surface area contributed by atoms with E-state index in [0.29, 0.717) is 18.0 Å². The minimum absolute atomic E-state index is 0.0770. The normalized spacial score (nSPS) is 20.8. The summed E-state index contributed by atoms with van der Waals surface area (Å²) in [4.78, 5) is 24.9. The van der Waals surface area contributed by atoms with E-state index in [1.165, 1.54) is 4.90 Å². The minimum atomic E-state index is -1.80. The Morgan fingerprint density at radius 2 is 1.62 bits per heavy atom. The fraction of sp³-hybridized carbons (Fsp3) is 0.133. The predicted octanol–water partition coefficient (Wildman–Crippen LogP) is 4.73. The maximum atomic E-state index is 13.8. The highest BCUT2D eigenvalue weighted by Gasteiger charge is 2.52. The molecule has 2 aliphatic heterocycles. The molecule has 37 heavy (non-hydrogen) atoms. The molecule has 2 heterocycles. The predicted molar refractivity (Wildman–Crippen MR) is 142 cm³/mol. The van der Waals surface area contributed by atoms with Gasteiger partial charge >= 0.3 is 0 Å². The Morgan fingerprint density at radius 3 is 2.38 bits per heavy atom. The first-order valence-electron chi connectivity index (χ1n) is 12.1. The summed E-state index contributed by atoms with van der Waals surface area (Å²) in [5, 5.41) is 25.4. The molecular formula is C30H25N3O4. The fourth-order valence-corrected chi connectivity index (χ4v) is 4.99. The summed E-state index contributed by atoms with van der Waals surface area (Å²) in [6.07, 6.45) is 2.32. The Bertz CT molecular complexity index is 1530. The van der Waals surface area contributed by atoms with Gasteiger partial charge in [0, 0.05) is 12.6 Å². The molecule has 0 saturated heterocycles. The summed E-state index contributed by atoms with van der Waals surface area (Å²) in [6.45, 7) is 0. The lowest BCUT2D eigenvalue weighted by Crippen LogP contribution is -2.50. The highest BCUT2D eigenvalue weighted by Crippen LogP contribution is 2.34. The molecule has 0 aromatic heterocycles. The Kier molecular flexibility index (Phi) is 5.71. The second kappa shape index (κ2) is 9.20. The quantitative estimate of drug-likeness (QED) is 0.268. The summed E-state index contributed by atoms with van der Waals surface area (Å²) in [7, 11) is 0. The largest absolute Gasteiger partial charge is 0.508 e. The van der Waals surface area contributed by atoms with Crippen LogP contribution in [0.3, 0.4) is 0 Å². The lowest BCUT2D eigenvalue weighted by Gasteiger charge is -2.31. The summed E-state index contributed by atoms with van der Waals surface area (Å²) in [6, 6.07) is 30.2. The number of aromatic hydroxyl groups is 1. The third-order valence-electron chi connectivity index (χ3n) is 6.86.